The maximum atomic E-state index is 12.7. The Kier molecular flexibility index (Phi) is 7.55. The van der Waals surface area contributed by atoms with E-state index in [1.807, 2.05) is 0 Å². The van der Waals surface area contributed by atoms with Gasteiger partial charge in [-0.25, -0.2) is 0 Å². The zero-order valence-electron chi connectivity index (χ0n) is 20.1. The normalized spacial score (nSPS) is 15.3. The summed E-state index contributed by atoms with van der Waals surface area (Å²) in [6, 6.07) is 15.4. The zero-order chi connectivity index (χ0) is 26.4. The lowest BCUT2D eigenvalue weighted by molar-refractivity contribution is -0.130. The number of nitrogens with zero attached hydrogens (tertiary/aromatic N) is 5. The molecule has 4 rings (SSSR count). The first-order valence-electron chi connectivity index (χ1n) is 11.8. The van der Waals surface area contributed by atoms with Crippen molar-refractivity contribution in [1.82, 2.24) is 30.8 Å². The summed E-state index contributed by atoms with van der Waals surface area (Å²) < 4.78 is 0. The average molecular weight is 502 g/mol. The van der Waals surface area contributed by atoms with Crippen molar-refractivity contribution in [2.45, 2.75) is 30.7 Å². The quantitative estimate of drug-likeness (QED) is 0.283. The Hall–Kier alpha value is -4.63. The highest BCUT2D eigenvalue weighted by molar-refractivity contribution is 5.93. The Balaban J connectivity index is 1.66. The van der Waals surface area contributed by atoms with Gasteiger partial charge in [-0.3, -0.25) is 14.4 Å². The van der Waals surface area contributed by atoms with E-state index in [2.05, 4.69) is 32.0 Å². The van der Waals surface area contributed by atoms with E-state index in [0.29, 0.717) is 42.9 Å². The molecule has 190 valence electrons. The third-order valence-corrected chi connectivity index (χ3v) is 6.73. The SMILES string of the molecule is N#CC1CCCN1C(=O)CNCCC(c1ccc(C(N)=O)cc1)(c1ccc(C(N)=O)cc1)c1nn[nH]n1. The number of hydrogen-bond donors (Lipinski definition) is 4. The number of amides is 3. The van der Waals surface area contributed by atoms with Crippen LogP contribution in [-0.2, 0) is 10.2 Å². The molecule has 1 aromatic heterocycles. The van der Waals surface area contributed by atoms with E-state index in [9.17, 15) is 19.6 Å². The molecule has 2 heterocycles. The number of benzene rings is 2. The first-order chi connectivity index (χ1) is 17.9. The van der Waals surface area contributed by atoms with Gasteiger partial charge in [-0.05, 0) is 61.2 Å². The van der Waals surface area contributed by atoms with Crippen LogP contribution in [0.4, 0.5) is 0 Å². The molecule has 0 radical (unpaired) electrons. The van der Waals surface area contributed by atoms with Crippen molar-refractivity contribution in [1.29, 1.82) is 5.26 Å². The molecule has 3 aromatic rings. The van der Waals surface area contributed by atoms with Gasteiger partial charge in [-0.2, -0.15) is 10.5 Å². The van der Waals surface area contributed by atoms with Gasteiger partial charge >= 0.3 is 0 Å². The van der Waals surface area contributed by atoms with Gasteiger partial charge in [0.1, 0.15) is 6.04 Å². The molecule has 1 fully saturated rings. The number of rotatable bonds is 10. The molecule has 1 atom stereocenters. The Morgan fingerprint density at radius 2 is 1.65 bits per heavy atom. The van der Waals surface area contributed by atoms with E-state index < -0.39 is 17.2 Å². The van der Waals surface area contributed by atoms with Crippen molar-refractivity contribution in [3.63, 3.8) is 0 Å². The van der Waals surface area contributed by atoms with Crippen LogP contribution in [0.2, 0.25) is 0 Å². The van der Waals surface area contributed by atoms with E-state index in [4.69, 9.17) is 11.5 Å². The molecule has 1 aliphatic heterocycles. The number of likely N-dealkylation sites (tertiary alicyclic amines) is 1. The summed E-state index contributed by atoms with van der Waals surface area (Å²) in [6.07, 6.45) is 1.90. The molecule has 12 nitrogen and oxygen atoms in total. The van der Waals surface area contributed by atoms with Gasteiger partial charge in [0, 0.05) is 17.7 Å². The van der Waals surface area contributed by atoms with Crippen LogP contribution in [0.25, 0.3) is 0 Å². The van der Waals surface area contributed by atoms with E-state index in [-0.39, 0.29) is 18.5 Å². The number of aromatic nitrogens is 4. The van der Waals surface area contributed by atoms with Gasteiger partial charge < -0.3 is 21.7 Å². The van der Waals surface area contributed by atoms with Crippen molar-refractivity contribution < 1.29 is 14.4 Å². The number of aromatic amines is 1. The molecule has 37 heavy (non-hydrogen) atoms. The highest BCUT2D eigenvalue weighted by Crippen LogP contribution is 2.40. The second-order valence-electron chi connectivity index (χ2n) is 8.82. The van der Waals surface area contributed by atoms with Crippen molar-refractivity contribution in [3.05, 3.63) is 76.6 Å². The molecule has 0 spiro atoms. The third-order valence-electron chi connectivity index (χ3n) is 6.73. The Morgan fingerprint density at radius 3 is 2.14 bits per heavy atom. The Bertz CT molecular complexity index is 1240. The molecule has 3 amide bonds. The first-order valence-corrected chi connectivity index (χ1v) is 11.8. The Labute approximate surface area is 213 Å². The zero-order valence-corrected chi connectivity index (χ0v) is 20.1. The summed E-state index contributed by atoms with van der Waals surface area (Å²) in [7, 11) is 0. The van der Waals surface area contributed by atoms with Gasteiger partial charge in [-0.15, -0.1) is 10.2 Å². The number of nitriles is 1. The average Bonchev–Trinajstić information content (AvgIpc) is 3.62. The summed E-state index contributed by atoms with van der Waals surface area (Å²) in [5.41, 5.74) is 12.1. The first kappa shape index (κ1) is 25.5. The fourth-order valence-corrected chi connectivity index (χ4v) is 4.78. The maximum absolute atomic E-state index is 12.7. The molecular formula is C25H27N9O3. The van der Waals surface area contributed by atoms with Crippen LogP contribution in [0.15, 0.2) is 48.5 Å². The molecule has 1 aliphatic rings. The second-order valence-corrected chi connectivity index (χ2v) is 8.82. The van der Waals surface area contributed by atoms with E-state index in [1.54, 1.807) is 53.4 Å². The van der Waals surface area contributed by atoms with Crippen LogP contribution in [0.1, 0.15) is 56.9 Å². The number of tetrazole rings is 1. The fourth-order valence-electron chi connectivity index (χ4n) is 4.78. The summed E-state index contributed by atoms with van der Waals surface area (Å²) in [5.74, 6) is -0.880. The van der Waals surface area contributed by atoms with E-state index in [1.165, 1.54) is 0 Å². The maximum Gasteiger partial charge on any atom is 0.248 e. The minimum atomic E-state index is -0.960. The second kappa shape index (κ2) is 11.0. The minimum absolute atomic E-state index is 0.0712. The van der Waals surface area contributed by atoms with Crippen molar-refractivity contribution in [3.8, 4) is 6.07 Å². The predicted molar refractivity (Wildman–Crippen MR) is 132 cm³/mol. The lowest BCUT2D eigenvalue weighted by Crippen LogP contribution is -2.42. The fraction of sp³-hybridized carbons (Fsp3) is 0.320. The Morgan fingerprint density at radius 1 is 1.05 bits per heavy atom. The number of carbonyl (C=O) groups excluding carboxylic acids is 3. The van der Waals surface area contributed by atoms with Crippen molar-refractivity contribution in [2.24, 2.45) is 11.5 Å². The van der Waals surface area contributed by atoms with Crippen LogP contribution in [0, 0.1) is 11.3 Å². The smallest absolute Gasteiger partial charge is 0.248 e. The summed E-state index contributed by atoms with van der Waals surface area (Å²) >= 11 is 0. The number of hydrogen-bond acceptors (Lipinski definition) is 8. The van der Waals surface area contributed by atoms with Crippen LogP contribution < -0.4 is 16.8 Å². The van der Waals surface area contributed by atoms with Crippen LogP contribution in [-0.4, -0.2) is 68.9 Å². The van der Waals surface area contributed by atoms with Gasteiger partial charge in [-0.1, -0.05) is 29.5 Å². The molecule has 0 saturated carbocycles. The van der Waals surface area contributed by atoms with Crippen LogP contribution in [0.5, 0.6) is 0 Å². The van der Waals surface area contributed by atoms with Crippen molar-refractivity contribution >= 4 is 17.7 Å². The lowest BCUT2D eigenvalue weighted by Gasteiger charge is -2.32. The molecule has 6 N–H and O–H groups in total. The van der Waals surface area contributed by atoms with E-state index in [0.717, 1.165) is 17.5 Å². The number of carbonyl (C=O) groups is 3. The predicted octanol–water partition coefficient (Wildman–Crippen LogP) is 0.226. The van der Waals surface area contributed by atoms with Crippen LogP contribution >= 0.6 is 0 Å². The van der Waals surface area contributed by atoms with Gasteiger partial charge in [0.25, 0.3) is 0 Å². The molecule has 1 unspecified atom stereocenters. The summed E-state index contributed by atoms with van der Waals surface area (Å²) in [6.45, 7) is 1.02. The number of nitrogens with one attached hydrogen (secondary N) is 2. The molecule has 1 saturated heterocycles. The van der Waals surface area contributed by atoms with Gasteiger partial charge in [0.2, 0.25) is 17.7 Å². The van der Waals surface area contributed by atoms with Gasteiger partial charge in [0.05, 0.1) is 18.0 Å². The van der Waals surface area contributed by atoms with Crippen molar-refractivity contribution in [2.75, 3.05) is 19.6 Å². The third kappa shape index (κ3) is 5.17. The van der Waals surface area contributed by atoms with E-state index >= 15 is 0 Å². The summed E-state index contributed by atoms with van der Waals surface area (Å²) in [4.78, 5) is 37.6. The molecule has 0 bridgehead atoms. The van der Waals surface area contributed by atoms with Crippen LogP contribution in [0.3, 0.4) is 0 Å². The van der Waals surface area contributed by atoms with Gasteiger partial charge in [0.15, 0.2) is 5.82 Å². The highest BCUT2D eigenvalue weighted by Gasteiger charge is 2.40. The molecule has 0 aliphatic carbocycles. The largest absolute Gasteiger partial charge is 0.366 e. The highest BCUT2D eigenvalue weighted by atomic mass is 16.2. The molecule has 2 aromatic carbocycles. The monoisotopic (exact) mass is 501 g/mol. The number of H-pyrrole nitrogens is 1. The lowest BCUT2D eigenvalue weighted by atomic mass is 9.71. The summed E-state index contributed by atoms with van der Waals surface area (Å²) in [5, 5.41) is 27.3. The minimum Gasteiger partial charge on any atom is -0.366 e. The molecular weight excluding hydrogens is 474 g/mol. The number of nitrogens with two attached hydrogens (primary N) is 2. The number of primary amides is 2. The molecule has 12 heteroatoms. The standard InChI is InChI=1S/C25H27N9O3/c26-14-20-2-1-13-34(20)21(35)15-29-12-11-25(24-30-32-33-31-24,18-7-3-16(4-8-18)22(27)36)19-9-5-17(6-10-19)23(28)37/h3-10,20,29H,1-2,11-13,15H2,(H2,27,36)(H2,28,37)(H,30,31,32,33). The topological polar surface area (TPSA) is 197 Å².